The van der Waals surface area contributed by atoms with Crippen molar-refractivity contribution in [1.82, 2.24) is 0 Å². The van der Waals surface area contributed by atoms with Gasteiger partial charge in [0.15, 0.2) is 5.78 Å². The highest BCUT2D eigenvalue weighted by Crippen LogP contribution is 2.38. The van der Waals surface area contributed by atoms with E-state index in [4.69, 9.17) is 0 Å². The van der Waals surface area contributed by atoms with Crippen molar-refractivity contribution in [3.05, 3.63) is 35.4 Å². The van der Waals surface area contributed by atoms with Crippen LogP contribution >= 0.6 is 0 Å². The number of rotatable bonds is 2. The van der Waals surface area contributed by atoms with E-state index in [-0.39, 0.29) is 16.9 Å². The molecule has 0 saturated heterocycles. The Morgan fingerprint density at radius 2 is 1.62 bits per heavy atom. The summed E-state index contributed by atoms with van der Waals surface area (Å²) in [6.07, 6.45) is 0. The van der Waals surface area contributed by atoms with Gasteiger partial charge in [0.05, 0.1) is 0 Å². The first-order chi connectivity index (χ1) is 7.33. The topological polar surface area (TPSA) is 41.8 Å². The Kier molecular flexibility index (Phi) is 2.22. The number of Topliss-reactive ketones (excluding diaryl/α,β-unsaturated/α-hetero) is 1. The van der Waals surface area contributed by atoms with Crippen LogP contribution in [-0.2, 0) is 5.66 Å². The van der Waals surface area contributed by atoms with Crippen LogP contribution in [0.2, 0.25) is 0 Å². The van der Waals surface area contributed by atoms with Crippen molar-refractivity contribution >= 4 is 5.78 Å². The van der Waals surface area contributed by atoms with Crippen LogP contribution in [0.4, 0.5) is 0 Å². The number of carbonyl (C=O) groups excluding carboxylic acids is 1. The predicted octanol–water partition coefficient (Wildman–Crippen LogP) is 3.55. The molecule has 0 amide bonds. The quantitative estimate of drug-likeness (QED) is 0.697. The molecule has 0 bridgehead atoms. The third kappa shape index (κ3) is 1.90. The molecular weight excluding hydrogens is 200 g/mol. The van der Waals surface area contributed by atoms with E-state index >= 15 is 0 Å². The van der Waals surface area contributed by atoms with Gasteiger partial charge in [-0.25, -0.2) is 0 Å². The Bertz CT molecular complexity index is 446. The fourth-order valence-corrected chi connectivity index (χ4v) is 1.56. The molecule has 0 fully saturated rings. The molecule has 0 radical (unpaired) electrons. The Labute approximate surface area is 95.6 Å². The highest BCUT2D eigenvalue weighted by Gasteiger charge is 2.36. The first-order valence-corrected chi connectivity index (χ1v) is 5.42. The second kappa shape index (κ2) is 3.24. The molecule has 3 nitrogen and oxygen atoms in total. The Balaban J connectivity index is 2.23. The van der Waals surface area contributed by atoms with Crippen LogP contribution in [0, 0.1) is 5.41 Å². The van der Waals surface area contributed by atoms with Crippen molar-refractivity contribution in [2.45, 2.75) is 33.4 Å². The zero-order valence-corrected chi connectivity index (χ0v) is 10.1. The SMILES string of the molecule is CC(C)(C)C(=O)c1ccc(C2(C)N=N2)cc1. The highest BCUT2D eigenvalue weighted by atomic mass is 16.1. The normalized spacial score (nSPS) is 17.2. The Morgan fingerprint density at radius 1 is 1.12 bits per heavy atom. The summed E-state index contributed by atoms with van der Waals surface area (Å²) >= 11 is 0. The summed E-state index contributed by atoms with van der Waals surface area (Å²) in [6, 6.07) is 7.58. The van der Waals surface area contributed by atoms with E-state index in [0.29, 0.717) is 0 Å². The highest BCUT2D eigenvalue weighted by molar-refractivity contribution is 5.99. The van der Waals surface area contributed by atoms with Gasteiger partial charge >= 0.3 is 0 Å². The van der Waals surface area contributed by atoms with Crippen LogP contribution in [0.25, 0.3) is 0 Å². The molecule has 1 heterocycles. The molecule has 16 heavy (non-hydrogen) atoms. The molecule has 3 heteroatoms. The largest absolute Gasteiger partial charge is 0.294 e. The smallest absolute Gasteiger partial charge is 0.213 e. The molecule has 0 spiro atoms. The van der Waals surface area contributed by atoms with Crippen molar-refractivity contribution in [3.63, 3.8) is 0 Å². The van der Waals surface area contributed by atoms with Gasteiger partial charge in [-0.15, -0.1) is 0 Å². The van der Waals surface area contributed by atoms with Crippen molar-refractivity contribution in [3.8, 4) is 0 Å². The zero-order valence-electron chi connectivity index (χ0n) is 10.1. The molecule has 1 aliphatic rings. The lowest BCUT2D eigenvalue weighted by molar-refractivity contribution is 0.0858. The van der Waals surface area contributed by atoms with Gasteiger partial charge in [-0.3, -0.25) is 4.79 Å². The fraction of sp³-hybridized carbons (Fsp3) is 0.462. The van der Waals surface area contributed by atoms with Crippen molar-refractivity contribution < 1.29 is 4.79 Å². The maximum absolute atomic E-state index is 12.0. The number of ketones is 1. The van der Waals surface area contributed by atoms with Gasteiger partial charge in [0.25, 0.3) is 0 Å². The van der Waals surface area contributed by atoms with Gasteiger partial charge in [0, 0.05) is 16.5 Å². The maximum Gasteiger partial charge on any atom is 0.213 e. The van der Waals surface area contributed by atoms with Gasteiger partial charge in [-0.1, -0.05) is 45.0 Å². The molecule has 1 aromatic carbocycles. The van der Waals surface area contributed by atoms with Gasteiger partial charge in [-0.05, 0) is 6.92 Å². The first-order valence-electron chi connectivity index (χ1n) is 5.42. The van der Waals surface area contributed by atoms with Crippen molar-refractivity contribution in [1.29, 1.82) is 0 Å². The standard InChI is InChI=1S/C13H16N2O/c1-12(2,3)11(16)9-5-7-10(8-6-9)13(4)14-15-13/h5-8H,1-4H3. The summed E-state index contributed by atoms with van der Waals surface area (Å²) < 4.78 is 0. The molecule has 0 aromatic heterocycles. The van der Waals surface area contributed by atoms with Crippen LogP contribution in [0.5, 0.6) is 0 Å². The van der Waals surface area contributed by atoms with Crippen LogP contribution in [0.3, 0.4) is 0 Å². The van der Waals surface area contributed by atoms with E-state index in [1.807, 2.05) is 52.0 Å². The van der Waals surface area contributed by atoms with Crippen LogP contribution in [0.15, 0.2) is 34.5 Å². The van der Waals surface area contributed by atoms with E-state index in [0.717, 1.165) is 11.1 Å². The average Bonchev–Trinajstić information content (AvgIpc) is 2.96. The van der Waals surface area contributed by atoms with E-state index in [9.17, 15) is 4.79 Å². The summed E-state index contributed by atoms with van der Waals surface area (Å²) in [6.45, 7) is 7.73. The number of nitrogens with zero attached hydrogens (tertiary/aromatic N) is 2. The minimum Gasteiger partial charge on any atom is -0.294 e. The first kappa shape index (κ1) is 11.0. The lowest BCUT2D eigenvalue weighted by Crippen LogP contribution is -2.20. The van der Waals surface area contributed by atoms with Gasteiger partial charge in [-0.2, -0.15) is 10.2 Å². The molecule has 0 atom stereocenters. The summed E-state index contributed by atoms with van der Waals surface area (Å²) in [5.74, 6) is 0.161. The maximum atomic E-state index is 12.0. The van der Waals surface area contributed by atoms with Crippen molar-refractivity contribution in [2.75, 3.05) is 0 Å². The third-order valence-corrected chi connectivity index (χ3v) is 2.78. The minimum atomic E-state index is -0.358. The Morgan fingerprint density at radius 3 is 2.00 bits per heavy atom. The summed E-state index contributed by atoms with van der Waals surface area (Å²) in [7, 11) is 0. The minimum absolute atomic E-state index is 0.161. The Hall–Kier alpha value is -1.51. The van der Waals surface area contributed by atoms with Gasteiger partial charge in [0.2, 0.25) is 5.66 Å². The number of hydrogen-bond donors (Lipinski definition) is 0. The third-order valence-electron chi connectivity index (χ3n) is 2.78. The summed E-state index contributed by atoms with van der Waals surface area (Å²) in [5, 5.41) is 7.94. The zero-order chi connectivity index (χ0) is 12.0. The van der Waals surface area contributed by atoms with Crippen LogP contribution in [0.1, 0.15) is 43.6 Å². The summed E-state index contributed by atoms with van der Waals surface area (Å²) in [4.78, 5) is 12.0. The molecule has 0 unspecified atom stereocenters. The number of carbonyl (C=O) groups is 1. The fourth-order valence-electron chi connectivity index (χ4n) is 1.56. The predicted molar refractivity (Wildman–Crippen MR) is 62.4 cm³/mol. The number of benzene rings is 1. The van der Waals surface area contributed by atoms with E-state index in [1.165, 1.54) is 0 Å². The molecule has 0 saturated carbocycles. The average molecular weight is 216 g/mol. The van der Waals surface area contributed by atoms with E-state index in [2.05, 4.69) is 10.2 Å². The van der Waals surface area contributed by atoms with Crippen LogP contribution < -0.4 is 0 Å². The molecule has 84 valence electrons. The van der Waals surface area contributed by atoms with Crippen molar-refractivity contribution in [2.24, 2.45) is 15.6 Å². The monoisotopic (exact) mass is 216 g/mol. The second-order valence-corrected chi connectivity index (χ2v) is 5.38. The molecule has 0 aliphatic carbocycles. The van der Waals surface area contributed by atoms with Gasteiger partial charge in [0.1, 0.15) is 0 Å². The number of hydrogen-bond acceptors (Lipinski definition) is 3. The van der Waals surface area contributed by atoms with Gasteiger partial charge < -0.3 is 0 Å². The van der Waals surface area contributed by atoms with E-state index in [1.54, 1.807) is 0 Å². The molecule has 1 aliphatic heterocycles. The lowest BCUT2D eigenvalue weighted by atomic mass is 9.86. The molecular formula is C13H16N2O. The summed E-state index contributed by atoms with van der Waals surface area (Å²) in [5.41, 5.74) is 1.10. The van der Waals surface area contributed by atoms with Crippen LogP contribution in [-0.4, -0.2) is 5.78 Å². The molecule has 1 aromatic rings. The molecule has 0 N–H and O–H groups in total. The second-order valence-electron chi connectivity index (χ2n) is 5.38. The lowest BCUT2D eigenvalue weighted by Gasteiger charge is -2.16. The van der Waals surface area contributed by atoms with E-state index < -0.39 is 0 Å². The molecule has 2 rings (SSSR count).